The van der Waals surface area contributed by atoms with Crippen molar-refractivity contribution in [3.63, 3.8) is 0 Å². The van der Waals surface area contributed by atoms with E-state index in [1.54, 1.807) is 0 Å². The molecule has 0 saturated heterocycles. The molecule has 0 unspecified atom stereocenters. The third-order valence-electron chi connectivity index (χ3n) is 3.53. The van der Waals surface area contributed by atoms with E-state index in [0.29, 0.717) is 6.54 Å². The van der Waals surface area contributed by atoms with Gasteiger partial charge in [0, 0.05) is 4.47 Å². The van der Waals surface area contributed by atoms with E-state index >= 15 is 0 Å². The van der Waals surface area contributed by atoms with Crippen molar-refractivity contribution in [2.45, 2.75) is 27.2 Å². The minimum absolute atomic E-state index is 0.648. The normalized spacial score (nSPS) is 10.7. The number of aryl methyl sites for hydroxylation is 2. The van der Waals surface area contributed by atoms with Crippen molar-refractivity contribution in [1.82, 2.24) is 0 Å². The lowest BCUT2D eigenvalue weighted by molar-refractivity contribution is 0.474. The number of ether oxygens (including phenoxy) is 1. The molecule has 0 bridgehead atoms. The molecule has 0 aliphatic carbocycles. The molecule has 0 saturated carbocycles. The standard InChI is InChI=1S/C17H20BrNO/c1-11-4-5-12(2)17(13(11)3)20-15-7-6-14(8-9-19)16(18)10-15/h4-7,10H,8-9,19H2,1-3H3. The van der Waals surface area contributed by atoms with Crippen LogP contribution in [0.5, 0.6) is 11.5 Å². The molecule has 0 aromatic heterocycles. The Balaban J connectivity index is 2.31. The first-order valence-electron chi connectivity index (χ1n) is 6.76. The van der Waals surface area contributed by atoms with E-state index < -0.39 is 0 Å². The van der Waals surface area contributed by atoms with Gasteiger partial charge in [-0.2, -0.15) is 0 Å². The van der Waals surface area contributed by atoms with Crippen LogP contribution in [0.3, 0.4) is 0 Å². The minimum atomic E-state index is 0.648. The molecule has 20 heavy (non-hydrogen) atoms. The van der Waals surface area contributed by atoms with Gasteiger partial charge in [0.05, 0.1) is 0 Å². The summed E-state index contributed by atoms with van der Waals surface area (Å²) in [6.07, 6.45) is 0.864. The van der Waals surface area contributed by atoms with Crippen LogP contribution in [0.25, 0.3) is 0 Å². The van der Waals surface area contributed by atoms with Crippen molar-refractivity contribution >= 4 is 15.9 Å². The number of halogens is 1. The van der Waals surface area contributed by atoms with Crippen molar-refractivity contribution < 1.29 is 4.74 Å². The van der Waals surface area contributed by atoms with Gasteiger partial charge >= 0.3 is 0 Å². The van der Waals surface area contributed by atoms with Crippen LogP contribution in [0.1, 0.15) is 22.3 Å². The second-order valence-electron chi connectivity index (χ2n) is 5.05. The Morgan fingerprint density at radius 3 is 2.40 bits per heavy atom. The highest BCUT2D eigenvalue weighted by Crippen LogP contribution is 2.32. The third kappa shape index (κ3) is 3.22. The van der Waals surface area contributed by atoms with Gasteiger partial charge in [-0.1, -0.05) is 34.1 Å². The largest absolute Gasteiger partial charge is 0.457 e. The van der Waals surface area contributed by atoms with Crippen molar-refractivity contribution in [2.75, 3.05) is 6.54 Å². The molecule has 2 N–H and O–H groups in total. The Labute approximate surface area is 129 Å². The van der Waals surface area contributed by atoms with Gasteiger partial charge in [-0.05, 0) is 68.1 Å². The highest BCUT2D eigenvalue weighted by molar-refractivity contribution is 9.10. The van der Waals surface area contributed by atoms with Gasteiger partial charge in [0.25, 0.3) is 0 Å². The lowest BCUT2D eigenvalue weighted by Gasteiger charge is -2.14. The summed E-state index contributed by atoms with van der Waals surface area (Å²) in [5.41, 5.74) is 10.4. The predicted octanol–water partition coefficient (Wildman–Crippen LogP) is 4.67. The van der Waals surface area contributed by atoms with Crippen molar-refractivity contribution in [3.8, 4) is 11.5 Å². The molecule has 0 fully saturated rings. The number of hydrogen-bond acceptors (Lipinski definition) is 2. The number of rotatable bonds is 4. The zero-order valence-electron chi connectivity index (χ0n) is 12.2. The van der Waals surface area contributed by atoms with Gasteiger partial charge < -0.3 is 10.5 Å². The fourth-order valence-corrected chi connectivity index (χ4v) is 2.71. The second-order valence-corrected chi connectivity index (χ2v) is 5.90. The predicted molar refractivity (Wildman–Crippen MR) is 87.6 cm³/mol. The van der Waals surface area contributed by atoms with Crippen LogP contribution in [0.2, 0.25) is 0 Å². The minimum Gasteiger partial charge on any atom is -0.457 e. The smallest absolute Gasteiger partial charge is 0.133 e. The van der Waals surface area contributed by atoms with Crippen molar-refractivity contribution in [1.29, 1.82) is 0 Å². The Kier molecular flexibility index (Phi) is 4.84. The van der Waals surface area contributed by atoms with Crippen LogP contribution in [0.4, 0.5) is 0 Å². The molecule has 0 aliphatic rings. The van der Waals surface area contributed by atoms with E-state index in [4.69, 9.17) is 10.5 Å². The number of hydrogen-bond donors (Lipinski definition) is 1. The van der Waals surface area contributed by atoms with E-state index in [1.807, 2.05) is 12.1 Å². The summed E-state index contributed by atoms with van der Waals surface area (Å²) in [6, 6.07) is 10.3. The molecule has 2 rings (SSSR count). The fourth-order valence-electron chi connectivity index (χ4n) is 2.15. The maximum absolute atomic E-state index is 6.07. The number of benzene rings is 2. The Morgan fingerprint density at radius 2 is 1.75 bits per heavy atom. The third-order valence-corrected chi connectivity index (χ3v) is 4.27. The van der Waals surface area contributed by atoms with Gasteiger partial charge in [-0.25, -0.2) is 0 Å². The lowest BCUT2D eigenvalue weighted by Crippen LogP contribution is -2.03. The van der Waals surface area contributed by atoms with Gasteiger partial charge in [0.1, 0.15) is 11.5 Å². The molecule has 0 amide bonds. The van der Waals surface area contributed by atoms with E-state index in [-0.39, 0.29) is 0 Å². The fraction of sp³-hybridized carbons (Fsp3) is 0.294. The van der Waals surface area contributed by atoms with Gasteiger partial charge in [-0.15, -0.1) is 0 Å². The zero-order valence-corrected chi connectivity index (χ0v) is 13.8. The second kappa shape index (κ2) is 6.42. The zero-order chi connectivity index (χ0) is 14.7. The average Bonchev–Trinajstić information content (AvgIpc) is 2.42. The summed E-state index contributed by atoms with van der Waals surface area (Å²) >= 11 is 3.58. The van der Waals surface area contributed by atoms with Crippen LogP contribution < -0.4 is 10.5 Å². The highest BCUT2D eigenvalue weighted by atomic mass is 79.9. The van der Waals surface area contributed by atoms with Crippen LogP contribution in [-0.4, -0.2) is 6.54 Å². The van der Waals surface area contributed by atoms with Crippen LogP contribution >= 0.6 is 15.9 Å². The highest BCUT2D eigenvalue weighted by Gasteiger charge is 2.09. The molecule has 0 radical (unpaired) electrons. The lowest BCUT2D eigenvalue weighted by atomic mass is 10.1. The summed E-state index contributed by atoms with van der Waals surface area (Å²) < 4.78 is 7.12. The summed E-state index contributed by atoms with van der Waals surface area (Å²) in [7, 11) is 0. The van der Waals surface area contributed by atoms with E-state index in [2.05, 4.69) is 54.9 Å². The average molecular weight is 334 g/mol. The molecule has 2 aromatic rings. The molecule has 106 valence electrons. The van der Waals surface area contributed by atoms with Crippen molar-refractivity contribution in [3.05, 3.63) is 57.1 Å². The Bertz CT molecular complexity index is 623. The topological polar surface area (TPSA) is 35.2 Å². The molecule has 0 atom stereocenters. The summed E-state index contributed by atoms with van der Waals surface area (Å²) in [5.74, 6) is 1.79. The molecule has 3 heteroatoms. The monoisotopic (exact) mass is 333 g/mol. The molecule has 0 heterocycles. The van der Waals surface area contributed by atoms with Gasteiger partial charge in [0.2, 0.25) is 0 Å². The molecule has 0 aliphatic heterocycles. The van der Waals surface area contributed by atoms with Crippen molar-refractivity contribution in [2.24, 2.45) is 5.73 Å². The van der Waals surface area contributed by atoms with Crippen LogP contribution in [-0.2, 0) is 6.42 Å². The maximum atomic E-state index is 6.07. The first kappa shape index (κ1) is 15.1. The van der Waals surface area contributed by atoms with Gasteiger partial charge in [-0.3, -0.25) is 0 Å². The molecule has 2 aromatic carbocycles. The summed E-state index contributed by atoms with van der Waals surface area (Å²) in [6.45, 7) is 6.91. The summed E-state index contributed by atoms with van der Waals surface area (Å²) in [5, 5.41) is 0. The van der Waals surface area contributed by atoms with Crippen LogP contribution in [0, 0.1) is 20.8 Å². The van der Waals surface area contributed by atoms with Gasteiger partial charge in [0.15, 0.2) is 0 Å². The maximum Gasteiger partial charge on any atom is 0.133 e. The SMILES string of the molecule is Cc1ccc(C)c(Oc2ccc(CCN)c(Br)c2)c1C. The first-order chi connectivity index (χ1) is 9.52. The van der Waals surface area contributed by atoms with E-state index in [9.17, 15) is 0 Å². The van der Waals surface area contributed by atoms with E-state index in [1.165, 1.54) is 16.7 Å². The first-order valence-corrected chi connectivity index (χ1v) is 7.55. The summed E-state index contributed by atoms with van der Waals surface area (Å²) in [4.78, 5) is 0. The van der Waals surface area contributed by atoms with Crippen LogP contribution in [0.15, 0.2) is 34.8 Å². The Hall–Kier alpha value is -1.32. The quantitative estimate of drug-likeness (QED) is 0.882. The van der Waals surface area contributed by atoms with E-state index in [0.717, 1.165) is 28.0 Å². The number of nitrogens with two attached hydrogens (primary N) is 1. The molecular formula is C17H20BrNO. The molecular weight excluding hydrogens is 314 g/mol. The molecule has 0 spiro atoms. The Morgan fingerprint density at radius 1 is 1.05 bits per heavy atom. The molecule has 2 nitrogen and oxygen atoms in total.